The number of nitrogen functional groups attached to an aromatic ring is 1. The van der Waals surface area contributed by atoms with Crippen molar-refractivity contribution in [3.63, 3.8) is 0 Å². The molecule has 150 valence electrons. The van der Waals surface area contributed by atoms with E-state index >= 15 is 0 Å². The summed E-state index contributed by atoms with van der Waals surface area (Å²) in [6, 6.07) is 22.7. The van der Waals surface area contributed by atoms with Crippen LogP contribution in [0.4, 0.5) is 11.5 Å². The third kappa shape index (κ3) is 4.69. The molecule has 1 aromatic heterocycles. The van der Waals surface area contributed by atoms with E-state index in [9.17, 15) is 0 Å². The lowest BCUT2D eigenvalue weighted by Crippen LogP contribution is -2.47. The quantitative estimate of drug-likeness (QED) is 0.698. The van der Waals surface area contributed by atoms with Gasteiger partial charge in [0.1, 0.15) is 11.6 Å². The number of hydrogen-bond donors (Lipinski definition) is 1. The van der Waals surface area contributed by atoms with Gasteiger partial charge in [-0.1, -0.05) is 36.4 Å². The number of para-hydroxylation sites is 1. The molecule has 2 heterocycles. The number of nitrogens with two attached hydrogens (primary N) is 1. The lowest BCUT2D eigenvalue weighted by molar-refractivity contribution is 0.260. The van der Waals surface area contributed by atoms with E-state index in [0.29, 0.717) is 5.82 Å². The second-order valence-corrected chi connectivity index (χ2v) is 7.39. The van der Waals surface area contributed by atoms with Crippen molar-refractivity contribution >= 4 is 11.5 Å². The summed E-state index contributed by atoms with van der Waals surface area (Å²) in [5.41, 5.74) is 10.3. The Morgan fingerprint density at radius 2 is 1.72 bits per heavy atom. The molecule has 0 amide bonds. The number of benzene rings is 2. The van der Waals surface area contributed by atoms with Gasteiger partial charge in [0.2, 0.25) is 0 Å². The van der Waals surface area contributed by atoms with Gasteiger partial charge in [-0.25, -0.2) is 4.98 Å². The Bertz CT molecular complexity index is 937. The average Bonchev–Trinajstić information content (AvgIpc) is 2.78. The summed E-state index contributed by atoms with van der Waals surface area (Å²) in [6.45, 7) is 5.35. The Balaban J connectivity index is 1.36. The summed E-state index contributed by atoms with van der Waals surface area (Å²) in [7, 11) is 1.73. The van der Waals surface area contributed by atoms with Crippen molar-refractivity contribution in [2.45, 2.75) is 6.42 Å². The van der Waals surface area contributed by atoms with E-state index < -0.39 is 0 Å². The third-order valence-corrected chi connectivity index (χ3v) is 5.54. The molecule has 3 aromatic rings. The first kappa shape index (κ1) is 19.3. The SMILES string of the molecule is COc1cc(-c2cccc(N)n2)ccc1CCN1CCN(c2ccccc2)CC1. The van der Waals surface area contributed by atoms with Gasteiger partial charge in [-0.2, -0.15) is 0 Å². The number of nitrogens with zero attached hydrogens (tertiary/aromatic N) is 3. The number of rotatable bonds is 6. The van der Waals surface area contributed by atoms with Crippen LogP contribution in [0, 0.1) is 0 Å². The maximum atomic E-state index is 5.82. The molecule has 2 N–H and O–H groups in total. The molecular formula is C24H28N4O. The molecule has 0 unspecified atom stereocenters. The highest BCUT2D eigenvalue weighted by Crippen LogP contribution is 2.27. The van der Waals surface area contributed by atoms with Crippen molar-refractivity contribution in [2.24, 2.45) is 0 Å². The lowest BCUT2D eigenvalue weighted by atomic mass is 10.0. The van der Waals surface area contributed by atoms with Crippen LogP contribution in [0.3, 0.4) is 0 Å². The van der Waals surface area contributed by atoms with Crippen LogP contribution in [-0.2, 0) is 6.42 Å². The van der Waals surface area contributed by atoms with Crippen LogP contribution in [0.25, 0.3) is 11.3 Å². The van der Waals surface area contributed by atoms with E-state index in [1.165, 1.54) is 11.3 Å². The van der Waals surface area contributed by atoms with E-state index in [4.69, 9.17) is 10.5 Å². The monoisotopic (exact) mass is 388 g/mol. The molecule has 0 aliphatic carbocycles. The average molecular weight is 389 g/mol. The predicted molar refractivity (Wildman–Crippen MR) is 119 cm³/mol. The summed E-state index contributed by atoms with van der Waals surface area (Å²) >= 11 is 0. The van der Waals surface area contributed by atoms with Crippen molar-refractivity contribution in [2.75, 3.05) is 50.5 Å². The number of ether oxygens (including phenoxy) is 1. The molecule has 2 aromatic carbocycles. The molecule has 1 fully saturated rings. The van der Waals surface area contributed by atoms with Crippen LogP contribution < -0.4 is 15.4 Å². The zero-order valence-electron chi connectivity index (χ0n) is 16.9. The maximum absolute atomic E-state index is 5.82. The molecule has 5 heteroatoms. The van der Waals surface area contributed by atoms with Crippen molar-refractivity contribution in [1.29, 1.82) is 0 Å². The van der Waals surface area contributed by atoms with Crippen LogP contribution in [0.15, 0.2) is 66.7 Å². The molecule has 5 nitrogen and oxygen atoms in total. The fourth-order valence-electron chi connectivity index (χ4n) is 3.87. The Morgan fingerprint density at radius 1 is 0.931 bits per heavy atom. The number of anilines is 2. The molecule has 1 aliphatic heterocycles. The summed E-state index contributed by atoms with van der Waals surface area (Å²) in [4.78, 5) is 9.41. The number of hydrogen-bond acceptors (Lipinski definition) is 5. The van der Waals surface area contributed by atoms with E-state index in [-0.39, 0.29) is 0 Å². The molecule has 0 radical (unpaired) electrons. The molecule has 0 spiro atoms. The molecule has 4 rings (SSSR count). The van der Waals surface area contributed by atoms with Gasteiger partial charge >= 0.3 is 0 Å². The van der Waals surface area contributed by atoms with Crippen LogP contribution in [0.5, 0.6) is 5.75 Å². The smallest absolute Gasteiger partial charge is 0.124 e. The first-order valence-corrected chi connectivity index (χ1v) is 10.1. The van der Waals surface area contributed by atoms with Crippen LogP contribution in [0.2, 0.25) is 0 Å². The van der Waals surface area contributed by atoms with Gasteiger partial charge in [-0.05, 0) is 42.3 Å². The van der Waals surface area contributed by atoms with Crippen molar-refractivity contribution in [1.82, 2.24) is 9.88 Å². The largest absolute Gasteiger partial charge is 0.496 e. The van der Waals surface area contributed by atoms with Crippen molar-refractivity contribution < 1.29 is 4.74 Å². The zero-order valence-corrected chi connectivity index (χ0v) is 16.9. The second kappa shape index (κ2) is 8.97. The highest BCUT2D eigenvalue weighted by atomic mass is 16.5. The zero-order chi connectivity index (χ0) is 20.1. The fourth-order valence-corrected chi connectivity index (χ4v) is 3.87. The highest BCUT2D eigenvalue weighted by Gasteiger charge is 2.17. The molecule has 29 heavy (non-hydrogen) atoms. The van der Waals surface area contributed by atoms with Gasteiger partial charge in [0, 0.05) is 44.0 Å². The molecule has 1 saturated heterocycles. The minimum Gasteiger partial charge on any atom is -0.496 e. The fraction of sp³-hybridized carbons (Fsp3) is 0.292. The third-order valence-electron chi connectivity index (χ3n) is 5.54. The van der Waals surface area contributed by atoms with Crippen LogP contribution >= 0.6 is 0 Å². The molecule has 0 bridgehead atoms. The van der Waals surface area contributed by atoms with Gasteiger partial charge in [0.05, 0.1) is 12.8 Å². The molecular weight excluding hydrogens is 360 g/mol. The number of methoxy groups -OCH3 is 1. The lowest BCUT2D eigenvalue weighted by Gasteiger charge is -2.36. The van der Waals surface area contributed by atoms with Gasteiger partial charge in [0.25, 0.3) is 0 Å². The van der Waals surface area contributed by atoms with Gasteiger partial charge in [-0.15, -0.1) is 0 Å². The molecule has 0 saturated carbocycles. The van der Waals surface area contributed by atoms with Gasteiger partial charge in [-0.3, -0.25) is 4.90 Å². The molecule has 1 aliphatic rings. The standard InChI is InChI=1S/C24H28N4O/c1-29-23-18-20(22-8-5-9-24(25)26-22)11-10-19(23)12-13-27-14-16-28(17-15-27)21-6-3-2-4-7-21/h2-11,18H,12-17H2,1H3,(H2,25,26). The van der Waals surface area contributed by atoms with E-state index in [2.05, 4.69) is 63.3 Å². The van der Waals surface area contributed by atoms with Crippen LogP contribution in [-0.4, -0.2) is 49.7 Å². The predicted octanol–water partition coefficient (Wildman–Crippen LogP) is 3.70. The Kier molecular flexibility index (Phi) is 5.96. The summed E-state index contributed by atoms with van der Waals surface area (Å²) in [5.74, 6) is 1.44. The Morgan fingerprint density at radius 3 is 2.45 bits per heavy atom. The van der Waals surface area contributed by atoms with Crippen molar-refractivity contribution in [3.8, 4) is 17.0 Å². The van der Waals surface area contributed by atoms with Gasteiger partial charge < -0.3 is 15.4 Å². The molecule has 0 atom stereocenters. The summed E-state index contributed by atoms with van der Waals surface area (Å²) < 4.78 is 5.67. The number of aromatic nitrogens is 1. The Labute approximate surface area is 172 Å². The number of piperazine rings is 1. The Hall–Kier alpha value is -3.05. The second-order valence-electron chi connectivity index (χ2n) is 7.39. The minimum absolute atomic E-state index is 0.528. The maximum Gasteiger partial charge on any atom is 0.124 e. The van der Waals surface area contributed by atoms with E-state index in [1.807, 2.05) is 12.1 Å². The normalized spacial score (nSPS) is 14.7. The summed E-state index contributed by atoms with van der Waals surface area (Å²) in [6.07, 6.45) is 0.971. The van der Waals surface area contributed by atoms with E-state index in [0.717, 1.165) is 56.2 Å². The first-order chi connectivity index (χ1) is 14.2. The minimum atomic E-state index is 0.528. The van der Waals surface area contributed by atoms with E-state index in [1.54, 1.807) is 13.2 Å². The van der Waals surface area contributed by atoms with Crippen molar-refractivity contribution in [3.05, 3.63) is 72.3 Å². The van der Waals surface area contributed by atoms with Gasteiger partial charge in [0.15, 0.2) is 0 Å². The van der Waals surface area contributed by atoms with Crippen LogP contribution in [0.1, 0.15) is 5.56 Å². The first-order valence-electron chi connectivity index (χ1n) is 10.1. The highest BCUT2D eigenvalue weighted by molar-refractivity contribution is 5.64. The topological polar surface area (TPSA) is 54.6 Å². The number of pyridine rings is 1. The summed E-state index contributed by atoms with van der Waals surface area (Å²) in [5, 5.41) is 0.